The molecule has 330 valence electrons. The third-order valence-corrected chi connectivity index (χ3v) is 15.5. The van der Waals surface area contributed by atoms with E-state index in [9.17, 15) is 0 Å². The molecule has 13 aromatic rings. The maximum absolute atomic E-state index is 2.52. The molecule has 1 heterocycles. The highest BCUT2D eigenvalue weighted by atomic mass is 15.1. The van der Waals surface area contributed by atoms with Crippen LogP contribution in [0.3, 0.4) is 0 Å². The lowest BCUT2D eigenvalue weighted by Crippen LogP contribution is -2.32. The molecule has 0 saturated carbocycles. The fourth-order valence-electron chi connectivity index (χ4n) is 12.6. The van der Waals surface area contributed by atoms with Gasteiger partial charge in [0.05, 0.1) is 16.4 Å². The molecule has 0 bridgehead atoms. The Morgan fingerprint density at radius 3 is 1.70 bits per heavy atom. The number of para-hydroxylation sites is 2. The summed E-state index contributed by atoms with van der Waals surface area (Å²) in [7, 11) is 0. The van der Waals surface area contributed by atoms with Gasteiger partial charge in [0.1, 0.15) is 0 Å². The number of hydrogen-bond donors (Lipinski definition) is 0. The van der Waals surface area contributed by atoms with Crippen molar-refractivity contribution in [2.45, 2.75) is 5.41 Å². The summed E-state index contributed by atoms with van der Waals surface area (Å²) in [4.78, 5) is 2.48. The minimum Gasteiger partial charge on any atom is -0.310 e. The van der Waals surface area contributed by atoms with E-state index >= 15 is 0 Å². The highest BCUT2D eigenvalue weighted by Gasteiger charge is 2.50. The lowest BCUT2D eigenvalue weighted by atomic mass is 9.61. The molecule has 0 radical (unpaired) electrons. The first-order valence-electron chi connectivity index (χ1n) is 24.7. The van der Waals surface area contributed by atoms with Crippen LogP contribution >= 0.6 is 0 Å². The topological polar surface area (TPSA) is 8.17 Å². The lowest BCUT2D eigenvalue weighted by molar-refractivity contribution is 0.775. The lowest BCUT2D eigenvalue weighted by Gasteiger charge is -2.41. The van der Waals surface area contributed by atoms with E-state index in [1.807, 2.05) is 0 Å². The predicted molar refractivity (Wildman–Crippen MR) is 298 cm³/mol. The third-order valence-electron chi connectivity index (χ3n) is 15.5. The van der Waals surface area contributed by atoms with Crippen molar-refractivity contribution < 1.29 is 0 Å². The molecule has 1 atom stereocenters. The van der Waals surface area contributed by atoms with Crippen LogP contribution in [-0.2, 0) is 5.41 Å². The molecular weight excluding hydrogens is 857 g/mol. The largest absolute Gasteiger partial charge is 0.310 e. The Kier molecular flexibility index (Phi) is 8.61. The van der Waals surface area contributed by atoms with E-state index in [-0.39, 0.29) is 0 Å². The SMILES string of the molecule is c1ccc(-c2cccc(N(c3cccc(-c4ccc5c(c4)c4ccccc4n5-c4ccccc4)c3)c3ccc4c(c3)C3(c5ccccc5-4)c4ccc5ccccc5c4-c4cccc5cccc3c45)c2)cc1. The normalized spacial score (nSPS) is 14.3. The first kappa shape index (κ1) is 39.7. The first-order chi connectivity index (χ1) is 35.2. The predicted octanol–water partition coefficient (Wildman–Crippen LogP) is 18.2. The zero-order valence-electron chi connectivity index (χ0n) is 38.8. The Labute approximate surface area is 412 Å². The van der Waals surface area contributed by atoms with E-state index in [1.54, 1.807) is 0 Å². The summed E-state index contributed by atoms with van der Waals surface area (Å²) in [6.45, 7) is 0. The Hall–Kier alpha value is -9.24. The molecule has 0 saturated heterocycles. The van der Waals surface area contributed by atoms with Crippen molar-refractivity contribution in [2.24, 2.45) is 0 Å². The standard InChI is InChI=1S/C69H44N2/c1-3-17-45(18-4-1)48-22-13-26-52(41-48)70(53-27-14-23-49(42-53)50-36-40-66-60(43-50)58-30-10-12-34-65(58)71(66)51-24-5-2-6-25-51)54-37-38-57-56-29-9-11-32-61(56)69(64(57)44-54)62-33-16-21-47-20-15-31-59(67(47)62)68-55-28-8-7-19-46(55)35-39-63(68)69/h1-44H. The Morgan fingerprint density at radius 1 is 0.296 bits per heavy atom. The van der Waals surface area contributed by atoms with Crippen molar-refractivity contribution >= 4 is 60.4 Å². The maximum atomic E-state index is 2.52. The van der Waals surface area contributed by atoms with Crippen LogP contribution in [0, 0.1) is 0 Å². The van der Waals surface area contributed by atoms with E-state index in [0.717, 1.165) is 28.3 Å². The quantitative estimate of drug-likeness (QED) is 0.161. The number of anilines is 3. The van der Waals surface area contributed by atoms with Gasteiger partial charge in [0.2, 0.25) is 0 Å². The minimum atomic E-state index is -0.580. The van der Waals surface area contributed by atoms with Crippen LogP contribution in [0.2, 0.25) is 0 Å². The molecule has 2 aliphatic carbocycles. The maximum Gasteiger partial charge on any atom is 0.0726 e. The van der Waals surface area contributed by atoms with Crippen LogP contribution in [0.1, 0.15) is 22.3 Å². The van der Waals surface area contributed by atoms with E-state index in [0.29, 0.717) is 0 Å². The molecule has 0 N–H and O–H groups in total. The molecule has 0 fully saturated rings. The Bertz CT molecular complexity index is 4290. The van der Waals surface area contributed by atoms with Crippen LogP contribution < -0.4 is 4.90 Å². The van der Waals surface area contributed by atoms with Gasteiger partial charge >= 0.3 is 0 Å². The van der Waals surface area contributed by atoms with Gasteiger partial charge in [0, 0.05) is 33.5 Å². The average molecular weight is 901 g/mol. The smallest absolute Gasteiger partial charge is 0.0726 e. The van der Waals surface area contributed by atoms with Gasteiger partial charge in [-0.3, -0.25) is 0 Å². The third kappa shape index (κ3) is 5.77. The Balaban J connectivity index is 0.972. The fraction of sp³-hybridized carbons (Fsp3) is 0.0145. The highest BCUT2D eigenvalue weighted by Crippen LogP contribution is 2.63. The van der Waals surface area contributed by atoms with Gasteiger partial charge in [-0.25, -0.2) is 0 Å². The van der Waals surface area contributed by atoms with Crippen molar-refractivity contribution in [2.75, 3.05) is 4.90 Å². The Morgan fingerprint density at radius 2 is 0.873 bits per heavy atom. The molecule has 2 heteroatoms. The van der Waals surface area contributed by atoms with Gasteiger partial charge in [-0.05, 0) is 155 Å². The molecule has 12 aromatic carbocycles. The molecule has 1 spiro atoms. The van der Waals surface area contributed by atoms with Gasteiger partial charge in [0.15, 0.2) is 0 Å². The monoisotopic (exact) mass is 900 g/mol. The molecule has 1 unspecified atom stereocenters. The van der Waals surface area contributed by atoms with Crippen LogP contribution in [0.15, 0.2) is 267 Å². The second kappa shape index (κ2) is 15.4. The molecule has 2 aliphatic rings. The van der Waals surface area contributed by atoms with Crippen LogP contribution in [0.4, 0.5) is 17.1 Å². The molecule has 1 aromatic heterocycles. The number of benzene rings is 12. The molecule has 0 aliphatic heterocycles. The average Bonchev–Trinajstić information content (AvgIpc) is 3.93. The van der Waals surface area contributed by atoms with Crippen LogP contribution in [0.25, 0.3) is 93.5 Å². The number of nitrogens with zero attached hydrogens (tertiary/aromatic N) is 2. The second-order valence-corrected chi connectivity index (χ2v) is 19.2. The van der Waals surface area contributed by atoms with Gasteiger partial charge in [0.25, 0.3) is 0 Å². The van der Waals surface area contributed by atoms with Crippen molar-refractivity contribution in [3.8, 4) is 50.2 Å². The van der Waals surface area contributed by atoms with E-state index in [4.69, 9.17) is 0 Å². The van der Waals surface area contributed by atoms with Gasteiger partial charge in [-0.2, -0.15) is 0 Å². The van der Waals surface area contributed by atoms with Crippen molar-refractivity contribution in [1.82, 2.24) is 4.57 Å². The number of hydrogen-bond acceptors (Lipinski definition) is 1. The molecule has 0 amide bonds. The second-order valence-electron chi connectivity index (χ2n) is 19.2. The summed E-state index contributed by atoms with van der Waals surface area (Å²) < 4.78 is 2.39. The van der Waals surface area contributed by atoms with Crippen molar-refractivity contribution in [3.63, 3.8) is 0 Å². The molecule has 2 nitrogen and oxygen atoms in total. The van der Waals surface area contributed by atoms with Crippen LogP contribution in [-0.4, -0.2) is 4.57 Å². The zero-order valence-corrected chi connectivity index (χ0v) is 38.8. The van der Waals surface area contributed by atoms with Crippen molar-refractivity contribution in [1.29, 1.82) is 0 Å². The van der Waals surface area contributed by atoms with E-state index in [1.165, 1.54) is 105 Å². The van der Waals surface area contributed by atoms with E-state index < -0.39 is 5.41 Å². The van der Waals surface area contributed by atoms with Gasteiger partial charge in [-0.15, -0.1) is 0 Å². The summed E-state index contributed by atoms with van der Waals surface area (Å²) >= 11 is 0. The molecule has 71 heavy (non-hydrogen) atoms. The zero-order chi connectivity index (χ0) is 46.6. The summed E-state index contributed by atoms with van der Waals surface area (Å²) in [5.74, 6) is 0. The summed E-state index contributed by atoms with van der Waals surface area (Å²) in [5, 5.41) is 7.61. The molecule has 15 rings (SSSR count). The highest BCUT2D eigenvalue weighted by molar-refractivity contribution is 6.14. The first-order valence-corrected chi connectivity index (χ1v) is 24.7. The van der Waals surface area contributed by atoms with Gasteiger partial charge in [-0.1, -0.05) is 200 Å². The number of aromatic nitrogens is 1. The minimum absolute atomic E-state index is 0.580. The number of rotatable bonds is 6. The van der Waals surface area contributed by atoms with Gasteiger partial charge < -0.3 is 9.47 Å². The van der Waals surface area contributed by atoms with Crippen molar-refractivity contribution in [3.05, 3.63) is 289 Å². The fourth-order valence-corrected chi connectivity index (χ4v) is 12.6. The van der Waals surface area contributed by atoms with E-state index in [2.05, 4.69) is 276 Å². The summed E-state index contributed by atoms with van der Waals surface area (Å²) in [6.07, 6.45) is 0. The van der Waals surface area contributed by atoms with Crippen LogP contribution in [0.5, 0.6) is 0 Å². The summed E-state index contributed by atoms with van der Waals surface area (Å²) in [6, 6.07) is 99.3. The number of fused-ring (bicyclic) bond motifs is 14. The molecular formula is C69H44N2. The summed E-state index contributed by atoms with van der Waals surface area (Å²) in [5.41, 5.74) is 21.4.